The van der Waals surface area contributed by atoms with Gasteiger partial charge in [-0.2, -0.15) is 0 Å². The minimum atomic E-state index is 0.107. The fourth-order valence-corrected chi connectivity index (χ4v) is 1.90. The molecule has 0 aliphatic carbocycles. The molecule has 0 bridgehead atoms. The Bertz CT molecular complexity index is 278. The summed E-state index contributed by atoms with van der Waals surface area (Å²) < 4.78 is 1.44. The van der Waals surface area contributed by atoms with E-state index in [0.29, 0.717) is 10.2 Å². The molecular formula is C6H6Br2N2O. The molecule has 0 amide bonds. The molecule has 1 aromatic rings. The molecule has 0 fully saturated rings. The third kappa shape index (κ3) is 1.85. The van der Waals surface area contributed by atoms with Gasteiger partial charge in [0.15, 0.2) is 5.75 Å². The summed E-state index contributed by atoms with van der Waals surface area (Å²) in [4.78, 5) is 0. The summed E-state index contributed by atoms with van der Waals surface area (Å²) >= 11 is 6.41. The van der Waals surface area contributed by atoms with Gasteiger partial charge in [-0.1, -0.05) is 15.9 Å². The number of phenols is 1. The summed E-state index contributed by atoms with van der Waals surface area (Å²) in [6.45, 7) is 0. The molecule has 0 atom stereocenters. The van der Waals surface area contributed by atoms with E-state index in [0.717, 1.165) is 4.47 Å². The first-order valence-electron chi connectivity index (χ1n) is 2.79. The van der Waals surface area contributed by atoms with Gasteiger partial charge in [0.25, 0.3) is 0 Å². The fraction of sp³-hybridized carbons (Fsp3) is 0. The molecule has 1 rings (SSSR count). The van der Waals surface area contributed by atoms with Gasteiger partial charge in [-0.05, 0) is 28.1 Å². The molecule has 0 unspecified atom stereocenters. The number of anilines is 1. The molecule has 0 aliphatic heterocycles. The highest BCUT2D eigenvalue weighted by atomic mass is 79.9. The van der Waals surface area contributed by atoms with Crippen LogP contribution in [0, 0.1) is 0 Å². The number of halogens is 2. The van der Waals surface area contributed by atoms with E-state index in [-0.39, 0.29) is 5.75 Å². The largest absolute Gasteiger partial charge is 0.505 e. The number of nitrogen functional groups attached to an aromatic ring is 1. The van der Waals surface area contributed by atoms with Crippen molar-refractivity contribution in [2.24, 2.45) is 5.84 Å². The Morgan fingerprint density at radius 1 is 1.36 bits per heavy atom. The third-order valence-corrected chi connectivity index (χ3v) is 2.25. The zero-order valence-corrected chi connectivity index (χ0v) is 8.61. The van der Waals surface area contributed by atoms with Crippen LogP contribution in [0.1, 0.15) is 0 Å². The normalized spacial score (nSPS) is 9.73. The van der Waals surface area contributed by atoms with E-state index in [9.17, 15) is 5.11 Å². The quantitative estimate of drug-likeness (QED) is 0.420. The fourth-order valence-electron chi connectivity index (χ4n) is 0.676. The molecule has 0 radical (unpaired) electrons. The van der Waals surface area contributed by atoms with Gasteiger partial charge in [0, 0.05) is 4.47 Å². The molecule has 0 heterocycles. The molecule has 4 N–H and O–H groups in total. The monoisotopic (exact) mass is 280 g/mol. The number of hydrogen-bond donors (Lipinski definition) is 3. The van der Waals surface area contributed by atoms with E-state index in [2.05, 4.69) is 37.3 Å². The van der Waals surface area contributed by atoms with Crippen molar-refractivity contribution in [3.05, 3.63) is 21.1 Å². The number of rotatable bonds is 1. The molecule has 0 saturated heterocycles. The van der Waals surface area contributed by atoms with Gasteiger partial charge in [-0.25, -0.2) is 0 Å². The van der Waals surface area contributed by atoms with Crippen molar-refractivity contribution < 1.29 is 5.11 Å². The van der Waals surface area contributed by atoms with Crippen molar-refractivity contribution in [3.8, 4) is 5.75 Å². The first kappa shape index (κ1) is 8.83. The Hall–Kier alpha value is -0.260. The number of nitrogens with one attached hydrogen (secondary N) is 1. The van der Waals surface area contributed by atoms with Crippen LogP contribution in [0.4, 0.5) is 5.69 Å². The maximum atomic E-state index is 9.31. The van der Waals surface area contributed by atoms with E-state index in [1.54, 1.807) is 12.1 Å². The van der Waals surface area contributed by atoms with Gasteiger partial charge in [0.2, 0.25) is 0 Å². The molecule has 0 aliphatic rings. The van der Waals surface area contributed by atoms with E-state index in [1.807, 2.05) is 0 Å². The smallest absolute Gasteiger partial charge is 0.154 e. The maximum Gasteiger partial charge on any atom is 0.154 e. The Labute approximate surface area is 80.8 Å². The lowest BCUT2D eigenvalue weighted by molar-refractivity contribution is 0.474. The van der Waals surface area contributed by atoms with Gasteiger partial charge < -0.3 is 10.5 Å². The Balaban J connectivity index is 3.24. The van der Waals surface area contributed by atoms with Gasteiger partial charge in [-0.3, -0.25) is 5.84 Å². The zero-order chi connectivity index (χ0) is 8.43. The number of benzene rings is 1. The van der Waals surface area contributed by atoms with E-state index in [4.69, 9.17) is 5.84 Å². The minimum absolute atomic E-state index is 0.107. The van der Waals surface area contributed by atoms with Gasteiger partial charge >= 0.3 is 0 Å². The highest BCUT2D eigenvalue weighted by Gasteiger charge is 2.04. The highest BCUT2D eigenvalue weighted by Crippen LogP contribution is 2.34. The molecule has 0 aromatic heterocycles. The van der Waals surface area contributed by atoms with Gasteiger partial charge in [0.05, 0.1) is 10.2 Å². The molecule has 5 heteroatoms. The van der Waals surface area contributed by atoms with Crippen molar-refractivity contribution in [1.82, 2.24) is 0 Å². The van der Waals surface area contributed by atoms with Crippen LogP contribution in [0.15, 0.2) is 21.1 Å². The van der Waals surface area contributed by atoms with Crippen molar-refractivity contribution in [2.45, 2.75) is 0 Å². The first-order chi connectivity index (χ1) is 5.15. The average molecular weight is 282 g/mol. The van der Waals surface area contributed by atoms with Crippen LogP contribution in [-0.4, -0.2) is 5.11 Å². The number of nitrogens with two attached hydrogens (primary N) is 1. The van der Waals surface area contributed by atoms with E-state index >= 15 is 0 Å². The highest BCUT2D eigenvalue weighted by molar-refractivity contribution is 9.11. The second-order valence-corrected chi connectivity index (χ2v) is 3.70. The van der Waals surface area contributed by atoms with Crippen LogP contribution in [0.3, 0.4) is 0 Å². The summed E-state index contributed by atoms with van der Waals surface area (Å²) in [5, 5.41) is 9.31. The van der Waals surface area contributed by atoms with E-state index < -0.39 is 0 Å². The van der Waals surface area contributed by atoms with Crippen molar-refractivity contribution in [1.29, 1.82) is 0 Å². The van der Waals surface area contributed by atoms with Crippen LogP contribution in [0.5, 0.6) is 5.75 Å². The number of hydrogen-bond acceptors (Lipinski definition) is 3. The van der Waals surface area contributed by atoms with Crippen molar-refractivity contribution in [2.75, 3.05) is 5.43 Å². The molecule has 1 aromatic carbocycles. The van der Waals surface area contributed by atoms with Gasteiger partial charge in [0.1, 0.15) is 0 Å². The van der Waals surface area contributed by atoms with Crippen LogP contribution in [0.25, 0.3) is 0 Å². The van der Waals surface area contributed by atoms with Crippen LogP contribution < -0.4 is 11.3 Å². The second kappa shape index (κ2) is 3.42. The lowest BCUT2D eigenvalue weighted by Gasteiger charge is -2.05. The van der Waals surface area contributed by atoms with Crippen molar-refractivity contribution in [3.63, 3.8) is 0 Å². The van der Waals surface area contributed by atoms with E-state index in [1.165, 1.54) is 0 Å². The number of phenolic OH excluding ortho intramolecular Hbond substituents is 1. The standard InChI is InChI=1S/C6H6Br2N2O/c7-3-1-4(8)6(11)5(2-3)10-9/h1-2,10-11H,9H2. The average Bonchev–Trinajstić information content (AvgIpc) is 1.96. The molecule has 60 valence electrons. The first-order valence-corrected chi connectivity index (χ1v) is 4.38. The third-order valence-electron chi connectivity index (χ3n) is 1.18. The van der Waals surface area contributed by atoms with Crippen LogP contribution in [0.2, 0.25) is 0 Å². The summed E-state index contributed by atoms with van der Waals surface area (Å²) in [7, 11) is 0. The molecule has 0 saturated carbocycles. The lowest BCUT2D eigenvalue weighted by Crippen LogP contribution is -2.06. The Morgan fingerprint density at radius 3 is 2.55 bits per heavy atom. The molecular weight excluding hydrogens is 276 g/mol. The Morgan fingerprint density at radius 2 is 2.00 bits per heavy atom. The molecule has 3 nitrogen and oxygen atoms in total. The minimum Gasteiger partial charge on any atom is -0.505 e. The summed E-state index contributed by atoms with van der Waals surface area (Å²) in [6, 6.07) is 3.41. The maximum absolute atomic E-state index is 9.31. The predicted octanol–water partition coefficient (Wildman–Crippen LogP) is 2.20. The lowest BCUT2D eigenvalue weighted by atomic mass is 10.3. The topological polar surface area (TPSA) is 58.3 Å². The number of aromatic hydroxyl groups is 1. The molecule has 11 heavy (non-hydrogen) atoms. The van der Waals surface area contributed by atoms with Crippen LogP contribution in [-0.2, 0) is 0 Å². The summed E-state index contributed by atoms with van der Waals surface area (Å²) in [5.41, 5.74) is 2.84. The Kier molecular flexibility index (Phi) is 2.75. The second-order valence-electron chi connectivity index (χ2n) is 1.93. The zero-order valence-electron chi connectivity index (χ0n) is 5.44. The van der Waals surface area contributed by atoms with Crippen LogP contribution >= 0.6 is 31.9 Å². The van der Waals surface area contributed by atoms with Gasteiger partial charge in [-0.15, -0.1) is 0 Å². The summed E-state index contributed by atoms with van der Waals surface area (Å²) in [6.07, 6.45) is 0. The predicted molar refractivity (Wildman–Crippen MR) is 51.3 cm³/mol. The summed E-state index contributed by atoms with van der Waals surface area (Å²) in [5.74, 6) is 5.24. The number of hydrazine groups is 1. The van der Waals surface area contributed by atoms with Crippen molar-refractivity contribution >= 4 is 37.5 Å². The molecule has 0 spiro atoms. The SMILES string of the molecule is NNc1cc(Br)cc(Br)c1O.